The van der Waals surface area contributed by atoms with E-state index in [0.29, 0.717) is 35.5 Å². The molecule has 1 amide bonds. The third-order valence-electron chi connectivity index (χ3n) is 4.95. The molecule has 0 spiro atoms. The molecule has 30 heavy (non-hydrogen) atoms. The molecule has 8 heteroatoms. The van der Waals surface area contributed by atoms with Gasteiger partial charge < -0.3 is 14.8 Å². The minimum atomic E-state index is -0.829. The zero-order chi connectivity index (χ0) is 21.8. The molecule has 1 N–H and O–H groups in total. The van der Waals surface area contributed by atoms with Gasteiger partial charge in [-0.2, -0.15) is 0 Å². The summed E-state index contributed by atoms with van der Waals surface area (Å²) in [6.45, 7) is 4.18. The van der Waals surface area contributed by atoms with Crippen LogP contribution in [0, 0.1) is 6.92 Å². The van der Waals surface area contributed by atoms with Gasteiger partial charge in [-0.15, -0.1) is 0 Å². The maximum Gasteiger partial charge on any atom is 0.336 e. The molecule has 3 rings (SSSR count). The summed E-state index contributed by atoms with van der Waals surface area (Å²) in [5.74, 6) is 0.269. The molecule has 1 atom stereocenters. The van der Waals surface area contributed by atoms with E-state index in [1.165, 1.54) is 11.7 Å². The van der Waals surface area contributed by atoms with Crippen LogP contribution in [-0.4, -0.2) is 42.4 Å². The molecule has 8 nitrogen and oxygen atoms in total. The summed E-state index contributed by atoms with van der Waals surface area (Å²) in [5, 5.41) is 3.11. The summed E-state index contributed by atoms with van der Waals surface area (Å²) >= 11 is 0. The molecular formula is C22H25N3O5. The number of ether oxygens (including phenoxy) is 2. The predicted molar refractivity (Wildman–Crippen MR) is 115 cm³/mol. The first-order valence-electron chi connectivity index (χ1n) is 9.58. The Kier molecular flexibility index (Phi) is 6.37. The Labute approximate surface area is 173 Å². The van der Waals surface area contributed by atoms with Gasteiger partial charge in [0.2, 0.25) is 5.91 Å². The van der Waals surface area contributed by atoms with Crippen molar-refractivity contribution >= 4 is 16.8 Å². The number of carbonyl (C=O) groups excluding carboxylic acids is 1. The highest BCUT2D eigenvalue weighted by molar-refractivity contribution is 5.84. The smallest absolute Gasteiger partial charge is 0.336 e. The Morgan fingerprint density at radius 1 is 1.10 bits per heavy atom. The summed E-state index contributed by atoms with van der Waals surface area (Å²) in [7, 11) is 3.08. The third-order valence-corrected chi connectivity index (χ3v) is 4.95. The Morgan fingerprint density at radius 2 is 1.80 bits per heavy atom. The van der Waals surface area contributed by atoms with Crippen molar-refractivity contribution in [3.8, 4) is 11.4 Å². The zero-order valence-corrected chi connectivity index (χ0v) is 17.5. The average Bonchev–Trinajstić information content (AvgIpc) is 2.74. The van der Waals surface area contributed by atoms with Crippen molar-refractivity contribution in [2.75, 3.05) is 27.4 Å². The van der Waals surface area contributed by atoms with E-state index in [-0.39, 0.29) is 5.91 Å². The highest BCUT2D eigenvalue weighted by atomic mass is 16.5. The molecule has 0 saturated heterocycles. The molecule has 0 bridgehead atoms. The highest BCUT2D eigenvalue weighted by Crippen LogP contribution is 2.18. The maximum atomic E-state index is 13.4. The van der Waals surface area contributed by atoms with Gasteiger partial charge in [0, 0.05) is 13.7 Å². The molecule has 1 heterocycles. The lowest BCUT2D eigenvalue weighted by molar-refractivity contribution is -0.124. The number of hydrogen-bond donors (Lipinski definition) is 1. The number of hydrogen-bond acceptors (Lipinski definition) is 5. The lowest BCUT2D eigenvalue weighted by atomic mass is 10.1. The summed E-state index contributed by atoms with van der Waals surface area (Å²) in [5.41, 5.74) is 0.663. The lowest BCUT2D eigenvalue weighted by Crippen LogP contribution is -2.44. The number of aromatic nitrogens is 2. The van der Waals surface area contributed by atoms with Crippen molar-refractivity contribution in [1.82, 2.24) is 14.5 Å². The minimum Gasteiger partial charge on any atom is -0.497 e. The van der Waals surface area contributed by atoms with Crippen LogP contribution in [-0.2, 0) is 9.53 Å². The predicted octanol–water partition coefficient (Wildman–Crippen LogP) is 1.79. The van der Waals surface area contributed by atoms with E-state index >= 15 is 0 Å². The Balaban J connectivity index is 2.24. The molecule has 0 saturated carbocycles. The Bertz CT molecular complexity index is 1180. The first-order valence-corrected chi connectivity index (χ1v) is 9.58. The van der Waals surface area contributed by atoms with E-state index in [9.17, 15) is 14.4 Å². The summed E-state index contributed by atoms with van der Waals surface area (Å²) in [6, 6.07) is 11.0. The fraction of sp³-hybridized carbons (Fsp3) is 0.318. The van der Waals surface area contributed by atoms with Crippen molar-refractivity contribution in [2.24, 2.45) is 0 Å². The number of benzene rings is 2. The number of fused-ring (bicyclic) bond motifs is 1. The molecule has 0 radical (unpaired) electrons. The van der Waals surface area contributed by atoms with E-state index in [1.54, 1.807) is 50.4 Å². The van der Waals surface area contributed by atoms with Gasteiger partial charge in [-0.3, -0.25) is 14.2 Å². The van der Waals surface area contributed by atoms with Gasteiger partial charge in [0.15, 0.2) is 0 Å². The van der Waals surface area contributed by atoms with Crippen molar-refractivity contribution in [1.29, 1.82) is 0 Å². The summed E-state index contributed by atoms with van der Waals surface area (Å²) in [4.78, 5) is 39.3. The van der Waals surface area contributed by atoms with Crippen molar-refractivity contribution in [3.05, 3.63) is 68.9 Å². The largest absolute Gasteiger partial charge is 0.497 e. The van der Waals surface area contributed by atoms with Gasteiger partial charge in [-0.1, -0.05) is 11.6 Å². The van der Waals surface area contributed by atoms with Crippen LogP contribution in [0.4, 0.5) is 0 Å². The molecule has 0 unspecified atom stereocenters. The number of methoxy groups -OCH3 is 2. The molecule has 0 fully saturated rings. The monoisotopic (exact) mass is 411 g/mol. The van der Waals surface area contributed by atoms with Crippen LogP contribution in [0.3, 0.4) is 0 Å². The highest BCUT2D eigenvalue weighted by Gasteiger charge is 2.22. The Morgan fingerprint density at radius 3 is 2.43 bits per heavy atom. The van der Waals surface area contributed by atoms with Crippen molar-refractivity contribution in [3.63, 3.8) is 0 Å². The van der Waals surface area contributed by atoms with Crippen molar-refractivity contribution in [2.45, 2.75) is 19.9 Å². The summed E-state index contributed by atoms with van der Waals surface area (Å²) in [6.07, 6.45) is 0. The maximum absolute atomic E-state index is 13.4. The van der Waals surface area contributed by atoms with Crippen LogP contribution in [0.5, 0.6) is 5.75 Å². The molecule has 158 valence electrons. The first kappa shape index (κ1) is 21.3. The molecular weight excluding hydrogens is 386 g/mol. The van der Waals surface area contributed by atoms with Gasteiger partial charge in [0.1, 0.15) is 11.8 Å². The fourth-order valence-corrected chi connectivity index (χ4v) is 3.32. The van der Waals surface area contributed by atoms with E-state index in [2.05, 4.69) is 5.32 Å². The second-order valence-corrected chi connectivity index (χ2v) is 6.97. The van der Waals surface area contributed by atoms with Gasteiger partial charge in [-0.05, 0) is 50.2 Å². The quantitative estimate of drug-likeness (QED) is 0.599. The number of nitrogens with one attached hydrogen (secondary N) is 1. The number of carbonyl (C=O) groups is 1. The van der Waals surface area contributed by atoms with E-state index in [0.717, 1.165) is 10.1 Å². The van der Waals surface area contributed by atoms with Crippen LogP contribution < -0.4 is 21.3 Å². The second-order valence-electron chi connectivity index (χ2n) is 6.97. The first-order chi connectivity index (χ1) is 14.4. The van der Waals surface area contributed by atoms with E-state index < -0.39 is 17.3 Å². The van der Waals surface area contributed by atoms with Gasteiger partial charge in [0.25, 0.3) is 5.56 Å². The fourth-order valence-electron chi connectivity index (χ4n) is 3.32. The van der Waals surface area contributed by atoms with E-state index in [4.69, 9.17) is 9.47 Å². The van der Waals surface area contributed by atoms with Gasteiger partial charge >= 0.3 is 5.69 Å². The SMILES string of the molecule is COCCNC(=O)[C@H](C)n1c(=O)n(-c2ccc(OC)cc2)c(=O)c2cc(C)ccc21. The number of nitrogens with zero attached hydrogens (tertiary/aromatic N) is 2. The van der Waals surface area contributed by atoms with Crippen LogP contribution in [0.2, 0.25) is 0 Å². The van der Waals surface area contributed by atoms with Gasteiger partial charge in [0.05, 0.1) is 30.3 Å². The topological polar surface area (TPSA) is 91.6 Å². The number of rotatable bonds is 7. The van der Waals surface area contributed by atoms with E-state index in [1.807, 2.05) is 13.0 Å². The molecule has 0 aliphatic heterocycles. The normalized spacial score (nSPS) is 12.0. The van der Waals surface area contributed by atoms with Crippen LogP contribution >= 0.6 is 0 Å². The third kappa shape index (κ3) is 3.99. The van der Waals surface area contributed by atoms with Crippen molar-refractivity contribution < 1.29 is 14.3 Å². The molecule has 0 aliphatic rings. The molecule has 1 aromatic heterocycles. The summed E-state index contributed by atoms with van der Waals surface area (Å²) < 4.78 is 12.5. The van der Waals surface area contributed by atoms with Crippen LogP contribution in [0.15, 0.2) is 52.1 Å². The number of amides is 1. The average molecular weight is 411 g/mol. The zero-order valence-electron chi connectivity index (χ0n) is 17.5. The van der Waals surface area contributed by atoms with Crippen LogP contribution in [0.1, 0.15) is 18.5 Å². The Hall–Kier alpha value is -3.39. The standard InChI is InChI=1S/C22H25N3O5/c1-14-5-10-19-18(13-14)21(27)25(16-6-8-17(30-4)9-7-16)22(28)24(19)15(2)20(26)23-11-12-29-3/h5-10,13,15H,11-12H2,1-4H3,(H,23,26)/t15-/m0/s1. The molecule has 2 aromatic carbocycles. The van der Waals surface area contributed by atoms with Gasteiger partial charge in [-0.25, -0.2) is 9.36 Å². The number of aryl methyl sites for hydroxylation is 1. The van der Waals surface area contributed by atoms with Crippen LogP contribution in [0.25, 0.3) is 16.6 Å². The minimum absolute atomic E-state index is 0.323. The lowest BCUT2D eigenvalue weighted by Gasteiger charge is -2.20. The second kappa shape index (κ2) is 8.96. The molecule has 0 aliphatic carbocycles. The molecule has 3 aromatic rings.